The number of hydrogen-bond acceptors (Lipinski definition) is 3. The summed E-state index contributed by atoms with van der Waals surface area (Å²) >= 11 is 0. The molecule has 1 aromatic carbocycles. The summed E-state index contributed by atoms with van der Waals surface area (Å²) in [6, 6.07) is 10.2. The largest absolute Gasteiger partial charge is 0.395 e. The van der Waals surface area contributed by atoms with Gasteiger partial charge in [0.2, 0.25) is 0 Å². The van der Waals surface area contributed by atoms with E-state index in [4.69, 9.17) is 5.11 Å². The number of amides is 2. The molecule has 0 radical (unpaired) electrons. The van der Waals surface area contributed by atoms with Crippen LogP contribution in [0.3, 0.4) is 0 Å². The van der Waals surface area contributed by atoms with Crippen molar-refractivity contribution < 1.29 is 9.90 Å². The highest BCUT2D eigenvalue weighted by molar-refractivity contribution is 5.74. The first-order chi connectivity index (χ1) is 10.2. The molecule has 116 valence electrons. The third-order valence-electron chi connectivity index (χ3n) is 4.03. The van der Waals surface area contributed by atoms with E-state index in [1.165, 1.54) is 6.42 Å². The van der Waals surface area contributed by atoms with Gasteiger partial charge >= 0.3 is 6.03 Å². The molecule has 1 saturated heterocycles. The summed E-state index contributed by atoms with van der Waals surface area (Å²) in [6.07, 6.45) is 2.33. The van der Waals surface area contributed by atoms with Crippen molar-refractivity contribution in [2.75, 3.05) is 33.3 Å². The summed E-state index contributed by atoms with van der Waals surface area (Å²) in [5.74, 6) is 0. The maximum absolute atomic E-state index is 12.3. The fourth-order valence-electron chi connectivity index (χ4n) is 2.73. The predicted molar refractivity (Wildman–Crippen MR) is 83.0 cm³/mol. The Labute approximate surface area is 126 Å². The lowest BCUT2D eigenvalue weighted by Crippen LogP contribution is -2.45. The molecule has 0 bridgehead atoms. The summed E-state index contributed by atoms with van der Waals surface area (Å²) < 4.78 is 0. The van der Waals surface area contributed by atoms with Crippen molar-refractivity contribution in [3.63, 3.8) is 0 Å². The molecular formula is C16H25N3O2. The Morgan fingerprint density at radius 1 is 1.43 bits per heavy atom. The number of likely N-dealkylation sites (tertiary alicyclic amines) is 1. The van der Waals surface area contributed by atoms with Gasteiger partial charge in [-0.1, -0.05) is 30.3 Å². The number of rotatable bonds is 6. The van der Waals surface area contributed by atoms with Crippen molar-refractivity contribution in [3.8, 4) is 0 Å². The number of aliphatic hydroxyl groups excluding tert-OH is 1. The van der Waals surface area contributed by atoms with Crippen molar-refractivity contribution in [3.05, 3.63) is 35.9 Å². The molecule has 1 atom stereocenters. The smallest absolute Gasteiger partial charge is 0.317 e. The van der Waals surface area contributed by atoms with E-state index in [1.807, 2.05) is 30.3 Å². The normalized spacial score (nSPS) is 18.7. The highest BCUT2D eigenvalue weighted by atomic mass is 16.3. The van der Waals surface area contributed by atoms with Gasteiger partial charge in [0.1, 0.15) is 0 Å². The number of hydrogen-bond donors (Lipinski definition) is 2. The summed E-state index contributed by atoms with van der Waals surface area (Å²) in [4.78, 5) is 16.2. The minimum absolute atomic E-state index is 0.0242. The van der Waals surface area contributed by atoms with Crippen LogP contribution < -0.4 is 5.32 Å². The van der Waals surface area contributed by atoms with Crippen LogP contribution in [0.4, 0.5) is 4.79 Å². The molecule has 2 rings (SSSR count). The first kappa shape index (κ1) is 15.8. The molecular weight excluding hydrogens is 266 g/mol. The van der Waals surface area contributed by atoms with E-state index in [0.29, 0.717) is 25.7 Å². The lowest BCUT2D eigenvalue weighted by atomic mass is 10.2. The van der Waals surface area contributed by atoms with Gasteiger partial charge in [-0.15, -0.1) is 0 Å². The van der Waals surface area contributed by atoms with E-state index in [-0.39, 0.29) is 12.6 Å². The van der Waals surface area contributed by atoms with Crippen molar-refractivity contribution in [2.24, 2.45) is 0 Å². The van der Waals surface area contributed by atoms with E-state index < -0.39 is 0 Å². The molecule has 0 saturated carbocycles. The maximum Gasteiger partial charge on any atom is 0.317 e. The highest BCUT2D eigenvalue weighted by Gasteiger charge is 2.22. The third-order valence-corrected chi connectivity index (χ3v) is 4.03. The molecule has 5 heteroatoms. The van der Waals surface area contributed by atoms with Crippen LogP contribution in [0.5, 0.6) is 0 Å². The van der Waals surface area contributed by atoms with Crippen LogP contribution in [-0.4, -0.2) is 60.3 Å². The van der Waals surface area contributed by atoms with Crippen LogP contribution in [0.1, 0.15) is 18.4 Å². The van der Waals surface area contributed by atoms with E-state index in [9.17, 15) is 4.79 Å². The number of likely N-dealkylation sites (N-methyl/N-ethyl adjacent to an activating group) is 1. The quantitative estimate of drug-likeness (QED) is 0.830. The van der Waals surface area contributed by atoms with Gasteiger partial charge in [-0.2, -0.15) is 0 Å². The average Bonchev–Trinajstić information content (AvgIpc) is 2.91. The van der Waals surface area contributed by atoms with Gasteiger partial charge in [0.15, 0.2) is 0 Å². The summed E-state index contributed by atoms with van der Waals surface area (Å²) in [5.41, 5.74) is 1.07. The fourth-order valence-corrected chi connectivity index (χ4v) is 2.73. The van der Waals surface area contributed by atoms with Gasteiger partial charge in [-0.05, 0) is 32.0 Å². The van der Waals surface area contributed by atoms with Crippen LogP contribution in [-0.2, 0) is 6.54 Å². The van der Waals surface area contributed by atoms with Gasteiger partial charge < -0.3 is 20.2 Å². The average molecular weight is 291 g/mol. The van der Waals surface area contributed by atoms with E-state index in [1.54, 1.807) is 4.90 Å². The Bertz CT molecular complexity index is 438. The number of urea groups is 1. The van der Waals surface area contributed by atoms with Crippen molar-refractivity contribution in [2.45, 2.75) is 25.4 Å². The molecule has 1 heterocycles. The molecule has 5 nitrogen and oxygen atoms in total. The SMILES string of the molecule is CN1CCCC1CNC(=O)N(CCO)Cc1ccccc1. The van der Waals surface area contributed by atoms with Crippen LogP contribution in [0.25, 0.3) is 0 Å². The van der Waals surface area contributed by atoms with Crippen LogP contribution in [0.2, 0.25) is 0 Å². The molecule has 1 aliphatic rings. The second kappa shape index (κ2) is 8.00. The molecule has 21 heavy (non-hydrogen) atoms. The van der Waals surface area contributed by atoms with Gasteiger partial charge in [0.05, 0.1) is 6.61 Å². The van der Waals surface area contributed by atoms with Gasteiger partial charge in [-0.25, -0.2) is 4.79 Å². The molecule has 0 aromatic heterocycles. The Morgan fingerprint density at radius 3 is 2.81 bits per heavy atom. The Kier molecular flexibility index (Phi) is 6.02. The van der Waals surface area contributed by atoms with Gasteiger partial charge in [-0.3, -0.25) is 0 Å². The predicted octanol–water partition coefficient (Wildman–Crippen LogP) is 1.28. The molecule has 0 aliphatic carbocycles. The fraction of sp³-hybridized carbons (Fsp3) is 0.562. The Hall–Kier alpha value is -1.59. The zero-order valence-electron chi connectivity index (χ0n) is 12.7. The number of carbonyl (C=O) groups is 1. The highest BCUT2D eigenvalue weighted by Crippen LogP contribution is 2.13. The first-order valence-corrected chi connectivity index (χ1v) is 7.58. The monoisotopic (exact) mass is 291 g/mol. The lowest BCUT2D eigenvalue weighted by Gasteiger charge is -2.25. The van der Waals surface area contributed by atoms with E-state index >= 15 is 0 Å². The molecule has 2 amide bonds. The second-order valence-corrected chi connectivity index (χ2v) is 5.59. The van der Waals surface area contributed by atoms with E-state index in [2.05, 4.69) is 17.3 Å². The molecule has 1 aromatic rings. The van der Waals surface area contributed by atoms with Crippen LogP contribution in [0, 0.1) is 0 Å². The zero-order chi connectivity index (χ0) is 15.1. The summed E-state index contributed by atoms with van der Waals surface area (Å²) in [5, 5.41) is 12.1. The van der Waals surface area contributed by atoms with Crippen molar-refractivity contribution in [1.29, 1.82) is 0 Å². The molecule has 2 N–H and O–H groups in total. The lowest BCUT2D eigenvalue weighted by molar-refractivity contribution is 0.171. The number of aliphatic hydroxyl groups is 1. The number of carbonyl (C=O) groups excluding carboxylic acids is 1. The Morgan fingerprint density at radius 2 is 2.19 bits per heavy atom. The standard InChI is InChI=1S/C16H25N3O2/c1-18-9-5-8-15(18)12-17-16(21)19(10-11-20)13-14-6-3-2-4-7-14/h2-4,6-7,15,20H,5,8-13H2,1H3,(H,17,21). The number of benzene rings is 1. The van der Waals surface area contributed by atoms with Crippen LogP contribution >= 0.6 is 0 Å². The van der Waals surface area contributed by atoms with Gasteiger partial charge in [0, 0.05) is 25.7 Å². The summed E-state index contributed by atoms with van der Waals surface area (Å²) in [6.45, 7) is 2.62. The maximum atomic E-state index is 12.3. The number of nitrogens with zero attached hydrogens (tertiary/aromatic N) is 2. The first-order valence-electron chi connectivity index (χ1n) is 7.58. The minimum Gasteiger partial charge on any atom is -0.395 e. The van der Waals surface area contributed by atoms with E-state index in [0.717, 1.165) is 18.5 Å². The number of nitrogens with one attached hydrogen (secondary N) is 1. The molecule has 1 aliphatic heterocycles. The zero-order valence-corrected chi connectivity index (χ0v) is 12.7. The van der Waals surface area contributed by atoms with Crippen molar-refractivity contribution >= 4 is 6.03 Å². The molecule has 0 spiro atoms. The Balaban J connectivity index is 1.86. The third kappa shape index (κ3) is 4.72. The van der Waals surface area contributed by atoms with Gasteiger partial charge in [0.25, 0.3) is 0 Å². The summed E-state index contributed by atoms with van der Waals surface area (Å²) in [7, 11) is 2.10. The van der Waals surface area contributed by atoms with Crippen LogP contribution in [0.15, 0.2) is 30.3 Å². The topological polar surface area (TPSA) is 55.8 Å². The molecule has 1 fully saturated rings. The minimum atomic E-state index is -0.104. The van der Waals surface area contributed by atoms with Crippen molar-refractivity contribution in [1.82, 2.24) is 15.1 Å². The second-order valence-electron chi connectivity index (χ2n) is 5.59. The molecule has 1 unspecified atom stereocenters.